The number of aromatic nitrogens is 1. The Labute approximate surface area is 131 Å². The second kappa shape index (κ2) is 8.35. The van der Waals surface area contributed by atoms with Crippen molar-refractivity contribution in [2.24, 2.45) is 0 Å². The van der Waals surface area contributed by atoms with Crippen LogP contribution in [0.2, 0.25) is 0 Å². The summed E-state index contributed by atoms with van der Waals surface area (Å²) in [5.41, 5.74) is 2.34. The van der Waals surface area contributed by atoms with Crippen LogP contribution in [0.3, 0.4) is 0 Å². The largest absolute Gasteiger partial charge is 0.474 e. The highest BCUT2D eigenvalue weighted by Crippen LogP contribution is 2.10. The van der Waals surface area contributed by atoms with E-state index < -0.39 is 5.91 Å². The van der Waals surface area contributed by atoms with E-state index in [-0.39, 0.29) is 30.7 Å². The van der Waals surface area contributed by atoms with Gasteiger partial charge in [0, 0.05) is 6.08 Å². The van der Waals surface area contributed by atoms with Crippen molar-refractivity contribution in [3.8, 4) is 5.88 Å². The molecule has 0 unspecified atom stereocenters. The van der Waals surface area contributed by atoms with E-state index in [0.29, 0.717) is 0 Å². The average molecular weight is 317 g/mol. The summed E-state index contributed by atoms with van der Waals surface area (Å²) in [6.45, 7) is 0.407. The highest BCUT2D eigenvalue weighted by atomic mass is 16.5. The Kier molecular flexibility index (Phi) is 5.89. The van der Waals surface area contributed by atoms with Crippen molar-refractivity contribution in [1.29, 1.82) is 0 Å². The lowest BCUT2D eigenvalue weighted by atomic mass is 10.2. The molecule has 8 heteroatoms. The van der Waals surface area contributed by atoms with E-state index >= 15 is 0 Å². The van der Waals surface area contributed by atoms with E-state index in [0.717, 1.165) is 5.56 Å². The molecule has 120 valence electrons. The third-order valence-electron chi connectivity index (χ3n) is 2.69. The summed E-state index contributed by atoms with van der Waals surface area (Å²) in [5, 5.41) is 14.5. The molecule has 0 bridgehead atoms. The van der Waals surface area contributed by atoms with Gasteiger partial charge in [0.15, 0.2) is 0 Å². The van der Waals surface area contributed by atoms with E-state index in [2.05, 4.69) is 15.0 Å². The third kappa shape index (κ3) is 5.29. The van der Waals surface area contributed by atoms with Gasteiger partial charge in [-0.05, 0) is 16.8 Å². The molecule has 1 aromatic heterocycles. The maximum atomic E-state index is 11.6. The summed E-state index contributed by atoms with van der Waals surface area (Å²) < 4.78 is 9.83. The van der Waals surface area contributed by atoms with E-state index in [1.165, 1.54) is 17.6 Å². The van der Waals surface area contributed by atoms with Crippen molar-refractivity contribution >= 4 is 17.9 Å². The lowest BCUT2D eigenvalue weighted by Crippen LogP contribution is -2.26. The molecule has 1 aromatic carbocycles. The lowest BCUT2D eigenvalue weighted by molar-refractivity contribution is -0.116. The number of ether oxygens (including phenoxy) is 1. The fraction of sp³-hybridized carbons (Fsp3) is 0.133. The van der Waals surface area contributed by atoms with Crippen molar-refractivity contribution in [3.05, 3.63) is 53.8 Å². The fourth-order valence-electron chi connectivity index (χ4n) is 1.61. The molecule has 23 heavy (non-hydrogen) atoms. The lowest BCUT2D eigenvalue weighted by Gasteiger charge is -2.02. The minimum absolute atomic E-state index is 0.0812. The number of carbonyl (C=O) groups is 2. The number of nitrogens with one attached hydrogen (secondary N) is 2. The van der Waals surface area contributed by atoms with Gasteiger partial charge in [-0.1, -0.05) is 30.3 Å². The molecule has 0 spiro atoms. The molecule has 2 rings (SSSR count). The quantitative estimate of drug-likeness (QED) is 0.304. The van der Waals surface area contributed by atoms with Crippen LogP contribution in [-0.4, -0.2) is 35.3 Å². The first-order valence-corrected chi connectivity index (χ1v) is 6.74. The van der Waals surface area contributed by atoms with Gasteiger partial charge >= 0.3 is 5.91 Å². The number of benzene rings is 1. The fourth-order valence-corrected chi connectivity index (χ4v) is 1.61. The number of hydrogen-bond donors (Lipinski definition) is 3. The minimum atomic E-state index is -0.827. The number of rotatable bonds is 7. The number of nitrogens with zero attached hydrogens (tertiary/aromatic N) is 1. The average Bonchev–Trinajstić information content (AvgIpc) is 3.06. The Bertz CT molecular complexity index is 681. The highest BCUT2D eigenvalue weighted by molar-refractivity contribution is 5.91. The Morgan fingerprint density at radius 2 is 2.09 bits per heavy atom. The minimum Gasteiger partial charge on any atom is -0.474 e. The Balaban J connectivity index is 1.69. The maximum absolute atomic E-state index is 11.6. The second-order valence-corrected chi connectivity index (χ2v) is 4.35. The molecule has 0 saturated carbocycles. The first-order chi connectivity index (χ1) is 11.2. The Hall–Kier alpha value is -3.13. The molecule has 3 N–H and O–H groups in total. The van der Waals surface area contributed by atoms with Gasteiger partial charge in [0.05, 0.1) is 12.6 Å². The van der Waals surface area contributed by atoms with Crippen LogP contribution in [0.15, 0.2) is 47.0 Å². The van der Waals surface area contributed by atoms with Gasteiger partial charge in [0.2, 0.25) is 11.7 Å². The summed E-state index contributed by atoms with van der Waals surface area (Å²) in [5.74, 6) is -1.18. The topological polar surface area (TPSA) is 114 Å². The van der Waals surface area contributed by atoms with Crippen molar-refractivity contribution < 1.29 is 24.1 Å². The van der Waals surface area contributed by atoms with Gasteiger partial charge in [-0.25, -0.2) is 5.48 Å². The maximum Gasteiger partial charge on any atom is 0.313 e. The number of hydrogen-bond acceptors (Lipinski definition) is 6. The van der Waals surface area contributed by atoms with Gasteiger partial charge in [-0.3, -0.25) is 14.8 Å². The number of hydroxylamine groups is 1. The van der Waals surface area contributed by atoms with Crippen LogP contribution in [0.25, 0.3) is 6.08 Å². The van der Waals surface area contributed by atoms with E-state index in [4.69, 9.17) is 9.94 Å². The van der Waals surface area contributed by atoms with Gasteiger partial charge < -0.3 is 14.6 Å². The summed E-state index contributed by atoms with van der Waals surface area (Å²) in [6.07, 6.45) is 3.13. The Morgan fingerprint density at radius 3 is 2.83 bits per heavy atom. The van der Waals surface area contributed by atoms with Crippen LogP contribution in [-0.2, 0) is 4.79 Å². The van der Waals surface area contributed by atoms with Crippen LogP contribution < -0.4 is 15.5 Å². The zero-order valence-corrected chi connectivity index (χ0v) is 12.1. The standard InChI is InChI=1S/C15H15N3O5/c19-13(7-6-11-4-2-1-3-5-11)16-8-9-22-14-10-12(23-18-14)15(20)17-21/h1-7,10,21H,8-9H2,(H,16,19)(H,17,20)/b7-6+. The second-order valence-electron chi connectivity index (χ2n) is 4.35. The van der Waals surface area contributed by atoms with Crippen LogP contribution in [0, 0.1) is 0 Å². The van der Waals surface area contributed by atoms with Crippen molar-refractivity contribution in [3.63, 3.8) is 0 Å². The van der Waals surface area contributed by atoms with Gasteiger partial charge in [-0.15, -0.1) is 0 Å². The van der Waals surface area contributed by atoms with Gasteiger partial charge in [0.1, 0.15) is 6.61 Å². The van der Waals surface area contributed by atoms with E-state index in [1.54, 1.807) is 6.08 Å². The summed E-state index contributed by atoms with van der Waals surface area (Å²) in [6, 6.07) is 10.7. The molecular formula is C15H15N3O5. The Morgan fingerprint density at radius 1 is 1.30 bits per heavy atom. The normalized spacial score (nSPS) is 10.5. The molecule has 1 heterocycles. The van der Waals surface area contributed by atoms with Crippen molar-refractivity contribution in [1.82, 2.24) is 16.0 Å². The molecule has 8 nitrogen and oxygen atoms in total. The van der Waals surface area contributed by atoms with Crippen LogP contribution in [0.1, 0.15) is 16.1 Å². The summed E-state index contributed by atoms with van der Waals surface area (Å²) >= 11 is 0. The zero-order valence-electron chi connectivity index (χ0n) is 12.1. The van der Waals surface area contributed by atoms with Crippen molar-refractivity contribution in [2.45, 2.75) is 0 Å². The predicted octanol–water partition coefficient (Wildman–Crippen LogP) is 1.00. The first kappa shape index (κ1) is 16.2. The molecule has 0 atom stereocenters. The van der Waals surface area contributed by atoms with Gasteiger partial charge in [-0.2, -0.15) is 0 Å². The van der Waals surface area contributed by atoms with Crippen LogP contribution in [0.4, 0.5) is 0 Å². The SMILES string of the molecule is O=C(/C=C/c1ccccc1)NCCOc1cc(C(=O)NO)on1. The molecule has 0 radical (unpaired) electrons. The molecule has 0 aliphatic rings. The molecule has 2 amide bonds. The molecule has 0 fully saturated rings. The third-order valence-corrected chi connectivity index (χ3v) is 2.69. The van der Waals surface area contributed by atoms with E-state index in [9.17, 15) is 9.59 Å². The summed E-state index contributed by atoms with van der Waals surface area (Å²) in [7, 11) is 0. The monoisotopic (exact) mass is 317 g/mol. The zero-order chi connectivity index (χ0) is 16.5. The predicted molar refractivity (Wildman–Crippen MR) is 79.7 cm³/mol. The number of amides is 2. The molecule has 0 saturated heterocycles. The summed E-state index contributed by atoms with van der Waals surface area (Å²) in [4.78, 5) is 22.6. The van der Waals surface area contributed by atoms with Crippen LogP contribution in [0.5, 0.6) is 5.88 Å². The molecule has 0 aliphatic carbocycles. The van der Waals surface area contributed by atoms with Gasteiger partial charge in [0.25, 0.3) is 5.88 Å². The first-order valence-electron chi connectivity index (χ1n) is 6.74. The smallest absolute Gasteiger partial charge is 0.313 e. The highest BCUT2D eigenvalue weighted by Gasteiger charge is 2.12. The van der Waals surface area contributed by atoms with Crippen molar-refractivity contribution in [2.75, 3.05) is 13.2 Å². The number of carbonyl (C=O) groups excluding carboxylic acids is 2. The molecule has 2 aromatic rings. The van der Waals surface area contributed by atoms with E-state index in [1.807, 2.05) is 30.3 Å². The van der Waals surface area contributed by atoms with Crippen LogP contribution >= 0.6 is 0 Å². The molecular weight excluding hydrogens is 302 g/mol. The molecule has 0 aliphatic heterocycles.